The van der Waals surface area contributed by atoms with Gasteiger partial charge in [-0.25, -0.2) is 0 Å². The number of aliphatic hydroxyl groups is 4. The number of carboxylic acid groups (broad SMARTS) is 1. The summed E-state index contributed by atoms with van der Waals surface area (Å²) < 4.78 is 0. The summed E-state index contributed by atoms with van der Waals surface area (Å²) in [7, 11) is 0. The Balaban J connectivity index is 2.96. The van der Waals surface area contributed by atoms with Gasteiger partial charge in [0.05, 0.1) is 30.7 Å². The van der Waals surface area contributed by atoms with Gasteiger partial charge in [-0.2, -0.15) is 0 Å². The van der Waals surface area contributed by atoms with Gasteiger partial charge < -0.3 is 47.2 Å². The number of hydrogen-bond donors (Lipinski definition) is 9. The molecular weight excluding hydrogens is 500 g/mol. The minimum Gasteiger partial charge on any atom is -0.481 e. The van der Waals surface area contributed by atoms with Crippen LogP contribution in [0.1, 0.15) is 52.1 Å². The molecule has 13 heteroatoms. The summed E-state index contributed by atoms with van der Waals surface area (Å²) in [4.78, 5) is 49.0. The van der Waals surface area contributed by atoms with E-state index in [1.807, 2.05) is 13.8 Å². The van der Waals surface area contributed by atoms with Crippen molar-refractivity contribution >= 4 is 23.7 Å². The second-order valence-electron chi connectivity index (χ2n) is 10.2. The van der Waals surface area contributed by atoms with Crippen LogP contribution in [0.4, 0.5) is 0 Å². The lowest BCUT2D eigenvalue weighted by atomic mass is 9.97. The average molecular weight is 541 g/mol. The largest absolute Gasteiger partial charge is 0.481 e. The molecule has 10 N–H and O–H groups in total. The first-order chi connectivity index (χ1) is 17.6. The molecule has 0 aliphatic carbocycles. The van der Waals surface area contributed by atoms with E-state index in [0.29, 0.717) is 5.56 Å². The fourth-order valence-electron chi connectivity index (χ4n) is 3.52. The van der Waals surface area contributed by atoms with Crippen molar-refractivity contribution in [3.63, 3.8) is 0 Å². The Labute approximate surface area is 221 Å². The van der Waals surface area contributed by atoms with Crippen LogP contribution in [0.2, 0.25) is 0 Å². The molecule has 0 fully saturated rings. The number of aliphatic carboxylic acids is 1. The lowest BCUT2D eigenvalue weighted by Gasteiger charge is -2.31. The van der Waals surface area contributed by atoms with Crippen LogP contribution in [0, 0.1) is 5.92 Å². The van der Waals surface area contributed by atoms with Crippen LogP contribution < -0.4 is 21.7 Å². The number of carboxylic acids is 1. The highest BCUT2D eigenvalue weighted by Gasteiger charge is 2.38. The summed E-state index contributed by atoms with van der Waals surface area (Å²) >= 11 is 0. The summed E-state index contributed by atoms with van der Waals surface area (Å²) in [6.45, 7) is 5.65. The van der Waals surface area contributed by atoms with E-state index in [1.165, 1.54) is 13.8 Å². The smallest absolute Gasteiger partial charge is 0.305 e. The molecule has 0 spiro atoms. The van der Waals surface area contributed by atoms with Crippen molar-refractivity contribution in [1.29, 1.82) is 0 Å². The van der Waals surface area contributed by atoms with Crippen molar-refractivity contribution in [1.82, 2.24) is 16.0 Å². The Kier molecular flexibility index (Phi) is 12.8. The number of nitrogens with one attached hydrogen (secondary N) is 3. The van der Waals surface area contributed by atoms with Crippen LogP contribution >= 0.6 is 0 Å². The van der Waals surface area contributed by atoms with Crippen LogP contribution in [-0.4, -0.2) is 91.8 Å². The van der Waals surface area contributed by atoms with E-state index in [4.69, 9.17) is 5.73 Å². The van der Waals surface area contributed by atoms with Gasteiger partial charge in [0.1, 0.15) is 18.2 Å². The standard InChI is InChI=1S/C25H40N4O9/c1-13(2)10-16(29-24(38)25(3,4)26)22(36)28-17(12-30)19(33)20(34)21(35)23(37)27-15(11-18(31)32)14-8-6-5-7-9-14/h5-9,13,15-17,19-21,30,33-35H,10-12,26H2,1-4H3,(H,27,37)(H,28,36)(H,29,38)(H,31,32)/t15-,16-,17-,19+,20+,21-/m0/s1. The predicted octanol–water partition coefficient (Wildman–Crippen LogP) is -1.85. The first-order valence-electron chi connectivity index (χ1n) is 12.2. The summed E-state index contributed by atoms with van der Waals surface area (Å²) in [5.74, 6) is -3.83. The topological polar surface area (TPSA) is 232 Å². The molecule has 214 valence electrons. The van der Waals surface area contributed by atoms with E-state index in [2.05, 4.69) is 16.0 Å². The Morgan fingerprint density at radius 1 is 0.921 bits per heavy atom. The lowest BCUT2D eigenvalue weighted by Crippen LogP contribution is -2.61. The Hall–Kier alpha value is -3.10. The van der Waals surface area contributed by atoms with Gasteiger partial charge >= 0.3 is 5.97 Å². The number of carbonyl (C=O) groups excluding carboxylic acids is 3. The molecule has 38 heavy (non-hydrogen) atoms. The molecular formula is C25H40N4O9. The van der Waals surface area contributed by atoms with E-state index in [-0.39, 0.29) is 12.3 Å². The molecule has 0 radical (unpaired) electrons. The Morgan fingerprint density at radius 3 is 1.97 bits per heavy atom. The summed E-state index contributed by atoms with van der Waals surface area (Å²) in [5.41, 5.74) is 4.93. The Morgan fingerprint density at radius 2 is 1.50 bits per heavy atom. The van der Waals surface area contributed by atoms with Gasteiger partial charge in [0.25, 0.3) is 5.91 Å². The average Bonchev–Trinajstić information content (AvgIpc) is 2.84. The highest BCUT2D eigenvalue weighted by molar-refractivity contribution is 5.91. The predicted molar refractivity (Wildman–Crippen MR) is 136 cm³/mol. The van der Waals surface area contributed by atoms with Gasteiger partial charge in [-0.3, -0.25) is 19.2 Å². The Bertz CT molecular complexity index is 937. The summed E-state index contributed by atoms with van der Waals surface area (Å²) in [6, 6.07) is 4.44. The first kappa shape index (κ1) is 32.9. The molecule has 1 aromatic carbocycles. The number of hydrogen-bond acceptors (Lipinski definition) is 9. The van der Waals surface area contributed by atoms with Crippen molar-refractivity contribution in [3.8, 4) is 0 Å². The highest BCUT2D eigenvalue weighted by Crippen LogP contribution is 2.18. The third-order valence-electron chi connectivity index (χ3n) is 5.69. The molecule has 0 unspecified atom stereocenters. The van der Waals surface area contributed by atoms with E-state index in [9.17, 15) is 44.7 Å². The van der Waals surface area contributed by atoms with E-state index in [0.717, 1.165) is 0 Å². The molecule has 0 saturated carbocycles. The van der Waals surface area contributed by atoms with Gasteiger partial charge in [-0.15, -0.1) is 0 Å². The van der Waals surface area contributed by atoms with Gasteiger partial charge in [-0.1, -0.05) is 44.2 Å². The summed E-state index contributed by atoms with van der Waals surface area (Å²) in [6.07, 6.45) is -6.74. The van der Waals surface area contributed by atoms with Gasteiger partial charge in [-0.05, 0) is 31.7 Å². The number of benzene rings is 1. The van der Waals surface area contributed by atoms with Crippen molar-refractivity contribution in [2.75, 3.05) is 6.61 Å². The molecule has 6 atom stereocenters. The number of amides is 3. The van der Waals surface area contributed by atoms with E-state index < -0.39 is 78.7 Å². The molecule has 3 amide bonds. The van der Waals surface area contributed by atoms with Crippen LogP contribution in [0.15, 0.2) is 30.3 Å². The van der Waals surface area contributed by atoms with Crippen molar-refractivity contribution in [2.24, 2.45) is 11.7 Å². The minimum atomic E-state index is -2.24. The van der Waals surface area contributed by atoms with Crippen LogP contribution in [0.3, 0.4) is 0 Å². The molecule has 13 nitrogen and oxygen atoms in total. The molecule has 0 bridgehead atoms. The second-order valence-corrected chi connectivity index (χ2v) is 10.2. The molecule has 0 aliphatic rings. The molecule has 1 aromatic rings. The molecule has 0 saturated heterocycles. The number of nitrogens with two attached hydrogens (primary N) is 1. The fraction of sp³-hybridized carbons (Fsp3) is 0.600. The minimum absolute atomic E-state index is 0.0380. The maximum atomic E-state index is 12.9. The lowest BCUT2D eigenvalue weighted by molar-refractivity contribution is -0.145. The second kappa shape index (κ2) is 14.7. The van der Waals surface area contributed by atoms with Crippen LogP contribution in [-0.2, 0) is 19.2 Å². The molecule has 1 rings (SSSR count). The van der Waals surface area contributed by atoms with Gasteiger partial charge in [0.15, 0.2) is 6.10 Å². The zero-order valence-electron chi connectivity index (χ0n) is 22.0. The zero-order chi connectivity index (χ0) is 29.2. The third-order valence-corrected chi connectivity index (χ3v) is 5.69. The number of rotatable bonds is 15. The van der Waals surface area contributed by atoms with Crippen molar-refractivity contribution in [3.05, 3.63) is 35.9 Å². The van der Waals surface area contributed by atoms with Crippen molar-refractivity contribution < 1.29 is 44.7 Å². The third kappa shape index (κ3) is 10.3. The molecule has 0 aromatic heterocycles. The van der Waals surface area contributed by atoms with Crippen LogP contribution in [0.25, 0.3) is 0 Å². The first-order valence-corrected chi connectivity index (χ1v) is 12.2. The highest BCUT2D eigenvalue weighted by atomic mass is 16.4. The molecule has 0 aliphatic heterocycles. The molecule has 0 heterocycles. The quantitative estimate of drug-likeness (QED) is 0.120. The van der Waals surface area contributed by atoms with Crippen molar-refractivity contribution in [2.45, 2.75) is 82.5 Å². The van der Waals surface area contributed by atoms with Gasteiger partial charge in [0, 0.05) is 0 Å². The van der Waals surface area contributed by atoms with Crippen LogP contribution in [0.5, 0.6) is 0 Å². The number of carbonyl (C=O) groups is 4. The number of aliphatic hydroxyl groups excluding tert-OH is 4. The summed E-state index contributed by atoms with van der Waals surface area (Å²) in [5, 5.41) is 57.4. The van der Waals surface area contributed by atoms with E-state index >= 15 is 0 Å². The zero-order valence-corrected chi connectivity index (χ0v) is 22.0. The monoisotopic (exact) mass is 540 g/mol. The normalized spacial score (nSPS) is 16.5. The van der Waals surface area contributed by atoms with Gasteiger partial charge in [0.2, 0.25) is 11.8 Å². The van der Waals surface area contributed by atoms with E-state index in [1.54, 1.807) is 30.3 Å². The maximum absolute atomic E-state index is 12.9. The fourth-order valence-corrected chi connectivity index (χ4v) is 3.52. The maximum Gasteiger partial charge on any atom is 0.305 e. The SMILES string of the molecule is CC(C)C[C@H](NC(=O)C(C)(C)N)C(=O)N[C@@H](CO)[C@@H](O)[C@@H](O)[C@H](O)C(=O)N[C@@H](CC(=O)O)c1ccccc1.